The van der Waals surface area contributed by atoms with Gasteiger partial charge in [-0.25, -0.2) is 8.42 Å². The summed E-state index contributed by atoms with van der Waals surface area (Å²) in [7, 11) is -3.24. The van der Waals surface area contributed by atoms with Crippen LogP contribution in [0, 0.1) is 5.92 Å². The third-order valence-electron chi connectivity index (χ3n) is 4.96. The summed E-state index contributed by atoms with van der Waals surface area (Å²) in [6.45, 7) is 2.42. The van der Waals surface area contributed by atoms with Crippen molar-refractivity contribution in [3.05, 3.63) is 0 Å². The first-order chi connectivity index (χ1) is 8.29. The maximum Gasteiger partial charge on any atom is 0.303 e. The van der Waals surface area contributed by atoms with Crippen LogP contribution in [-0.2, 0) is 14.8 Å². The molecule has 0 atom stereocenters. The van der Waals surface area contributed by atoms with Crippen molar-refractivity contribution in [2.45, 2.75) is 55.7 Å². The van der Waals surface area contributed by atoms with E-state index in [0.717, 1.165) is 25.7 Å². The summed E-state index contributed by atoms with van der Waals surface area (Å²) in [5, 5.41) is 8.80. The van der Waals surface area contributed by atoms with E-state index in [0.29, 0.717) is 18.9 Å². The number of carboxylic acids is 1. The van der Waals surface area contributed by atoms with Gasteiger partial charge in [-0.2, -0.15) is 4.31 Å². The van der Waals surface area contributed by atoms with Crippen molar-refractivity contribution < 1.29 is 18.3 Å². The highest BCUT2D eigenvalue weighted by atomic mass is 32.2. The molecule has 0 aromatic rings. The van der Waals surface area contributed by atoms with Crippen LogP contribution < -0.4 is 0 Å². The van der Waals surface area contributed by atoms with Gasteiger partial charge in [0, 0.05) is 18.5 Å². The fourth-order valence-electron chi connectivity index (χ4n) is 3.50. The number of hydrogen-bond donors (Lipinski definition) is 1. The average Bonchev–Trinajstić information content (AvgIpc) is 2.76. The molecule has 2 heterocycles. The van der Waals surface area contributed by atoms with Crippen molar-refractivity contribution in [2.24, 2.45) is 5.92 Å². The first-order valence-electron chi connectivity index (χ1n) is 6.53. The molecule has 2 saturated carbocycles. The van der Waals surface area contributed by atoms with Gasteiger partial charge < -0.3 is 5.11 Å². The van der Waals surface area contributed by atoms with Crippen LogP contribution in [0.2, 0.25) is 0 Å². The molecule has 102 valence electrons. The number of fused-ring (bicyclic) bond motifs is 1. The van der Waals surface area contributed by atoms with Crippen molar-refractivity contribution in [2.75, 3.05) is 6.54 Å². The fraction of sp³-hybridized carbons (Fsp3) is 0.917. The molecule has 18 heavy (non-hydrogen) atoms. The topological polar surface area (TPSA) is 74.7 Å². The Kier molecular flexibility index (Phi) is 2.40. The molecule has 2 aliphatic heterocycles. The molecule has 5 nitrogen and oxygen atoms in total. The highest BCUT2D eigenvalue weighted by Crippen LogP contribution is 2.58. The first kappa shape index (κ1) is 12.4. The number of carboxylic acid groups (broad SMARTS) is 1. The lowest BCUT2D eigenvalue weighted by atomic mass is 9.71. The van der Waals surface area contributed by atoms with Gasteiger partial charge in [-0.05, 0) is 44.9 Å². The quantitative estimate of drug-likeness (QED) is 0.816. The van der Waals surface area contributed by atoms with Gasteiger partial charge in [0.2, 0.25) is 10.0 Å². The van der Waals surface area contributed by atoms with Crippen molar-refractivity contribution in [3.63, 3.8) is 0 Å². The molecule has 0 aromatic heterocycles. The molecule has 0 amide bonds. The van der Waals surface area contributed by atoms with Crippen LogP contribution in [0.5, 0.6) is 0 Å². The van der Waals surface area contributed by atoms with E-state index < -0.39 is 20.7 Å². The average molecular weight is 273 g/mol. The fourth-order valence-corrected chi connectivity index (χ4v) is 5.80. The summed E-state index contributed by atoms with van der Waals surface area (Å²) in [5.74, 6) is -0.384. The first-order valence-corrected chi connectivity index (χ1v) is 7.97. The highest BCUT2D eigenvalue weighted by molar-refractivity contribution is 7.90. The normalized spacial score (nSPS) is 37.3. The van der Waals surface area contributed by atoms with Gasteiger partial charge in [0.25, 0.3) is 0 Å². The van der Waals surface area contributed by atoms with E-state index in [-0.39, 0.29) is 12.0 Å². The van der Waals surface area contributed by atoms with Crippen LogP contribution in [0.1, 0.15) is 45.4 Å². The van der Waals surface area contributed by atoms with E-state index in [4.69, 9.17) is 5.11 Å². The lowest BCUT2D eigenvalue weighted by molar-refractivity contribution is -0.137. The van der Waals surface area contributed by atoms with Gasteiger partial charge in [-0.3, -0.25) is 4.79 Å². The predicted octanol–water partition coefficient (Wildman–Crippen LogP) is 1.20. The van der Waals surface area contributed by atoms with Crippen LogP contribution in [0.15, 0.2) is 0 Å². The smallest absolute Gasteiger partial charge is 0.303 e. The minimum Gasteiger partial charge on any atom is -0.481 e. The molecular formula is C12H19NO4S. The number of carbonyl (C=O) groups is 1. The number of nitrogens with zero attached hydrogens (tertiary/aromatic N) is 1. The molecule has 0 aromatic carbocycles. The van der Waals surface area contributed by atoms with Crippen molar-refractivity contribution in [1.29, 1.82) is 0 Å². The van der Waals surface area contributed by atoms with Crippen LogP contribution in [0.3, 0.4) is 0 Å². The lowest BCUT2D eigenvalue weighted by Crippen LogP contribution is -2.51. The molecule has 2 saturated heterocycles. The zero-order chi connectivity index (χ0) is 13.2. The molecule has 2 bridgehead atoms. The molecule has 4 fully saturated rings. The van der Waals surface area contributed by atoms with E-state index in [9.17, 15) is 13.2 Å². The van der Waals surface area contributed by atoms with Crippen LogP contribution >= 0.6 is 0 Å². The van der Waals surface area contributed by atoms with Gasteiger partial charge in [0.05, 0.1) is 4.75 Å². The number of aliphatic carboxylic acids is 1. The molecule has 0 spiro atoms. The zero-order valence-electron chi connectivity index (χ0n) is 10.6. The molecule has 4 aliphatic rings. The summed E-state index contributed by atoms with van der Waals surface area (Å²) in [6.07, 6.45) is 3.73. The highest BCUT2D eigenvalue weighted by Gasteiger charge is 2.64. The molecule has 6 heteroatoms. The van der Waals surface area contributed by atoms with Crippen LogP contribution in [0.4, 0.5) is 0 Å². The van der Waals surface area contributed by atoms with Crippen molar-refractivity contribution >= 4 is 16.0 Å². The van der Waals surface area contributed by atoms with Gasteiger partial charge in [0.15, 0.2) is 0 Å². The van der Waals surface area contributed by atoms with Crippen LogP contribution in [-0.4, -0.2) is 40.6 Å². The van der Waals surface area contributed by atoms with Crippen molar-refractivity contribution in [1.82, 2.24) is 4.31 Å². The summed E-state index contributed by atoms with van der Waals surface area (Å²) in [4.78, 5) is 10.7. The van der Waals surface area contributed by atoms with E-state index >= 15 is 0 Å². The van der Waals surface area contributed by atoms with E-state index in [1.807, 2.05) is 6.92 Å². The number of rotatable bonds is 5. The van der Waals surface area contributed by atoms with Crippen LogP contribution in [0.25, 0.3) is 0 Å². The van der Waals surface area contributed by atoms with Gasteiger partial charge in [-0.15, -0.1) is 0 Å². The SMILES string of the molecule is CC1(S(=O)(=O)N2CC3CC2(CCC(=O)O)C3)CC1. The van der Waals surface area contributed by atoms with Gasteiger partial charge in [0.1, 0.15) is 0 Å². The third-order valence-corrected chi connectivity index (χ3v) is 7.73. The zero-order valence-corrected chi connectivity index (χ0v) is 11.4. The Balaban J connectivity index is 1.82. The Morgan fingerprint density at radius 3 is 2.50 bits per heavy atom. The molecule has 1 N–H and O–H groups in total. The monoisotopic (exact) mass is 273 g/mol. The summed E-state index contributed by atoms with van der Waals surface area (Å²) < 4.78 is 26.2. The Bertz CT molecular complexity index is 488. The second-order valence-electron chi connectivity index (χ2n) is 6.38. The maximum absolute atomic E-state index is 12.6. The Hall–Kier alpha value is -0.620. The largest absolute Gasteiger partial charge is 0.481 e. The second-order valence-corrected chi connectivity index (χ2v) is 8.75. The number of sulfonamides is 1. The second kappa shape index (κ2) is 3.48. The predicted molar refractivity (Wildman–Crippen MR) is 65.6 cm³/mol. The lowest BCUT2D eigenvalue weighted by Gasteiger charge is -2.42. The molecular weight excluding hydrogens is 254 g/mol. The minimum absolute atomic E-state index is 0.0649. The Morgan fingerprint density at radius 2 is 2.00 bits per heavy atom. The standard InChI is InChI=1S/C12H19NO4S/c1-11(4-5-11)18(16,17)13-8-9-6-12(13,7-9)3-2-10(14)15/h9H,2-8H2,1H3,(H,14,15). The van der Waals surface area contributed by atoms with E-state index in [1.54, 1.807) is 4.31 Å². The third kappa shape index (κ3) is 1.54. The molecule has 0 unspecified atom stereocenters. The minimum atomic E-state index is -3.24. The van der Waals surface area contributed by atoms with Gasteiger partial charge >= 0.3 is 5.97 Å². The molecule has 4 rings (SSSR count). The summed E-state index contributed by atoms with van der Waals surface area (Å²) in [6, 6.07) is 0. The Labute approximate surface area is 107 Å². The Morgan fingerprint density at radius 1 is 1.39 bits per heavy atom. The summed E-state index contributed by atoms with van der Waals surface area (Å²) in [5.41, 5.74) is -0.368. The van der Waals surface area contributed by atoms with Crippen molar-refractivity contribution in [3.8, 4) is 0 Å². The van der Waals surface area contributed by atoms with Gasteiger partial charge in [-0.1, -0.05) is 0 Å². The molecule has 2 aliphatic carbocycles. The maximum atomic E-state index is 12.6. The molecule has 0 radical (unpaired) electrons. The van der Waals surface area contributed by atoms with E-state index in [1.165, 1.54) is 0 Å². The summed E-state index contributed by atoms with van der Waals surface area (Å²) >= 11 is 0. The number of hydrogen-bond acceptors (Lipinski definition) is 3. The van der Waals surface area contributed by atoms with E-state index in [2.05, 4.69) is 0 Å².